The lowest BCUT2D eigenvalue weighted by molar-refractivity contribution is -0.122. The van der Waals surface area contributed by atoms with E-state index in [4.69, 9.17) is 0 Å². The van der Waals surface area contributed by atoms with Crippen molar-refractivity contribution < 1.29 is 18.0 Å². The van der Waals surface area contributed by atoms with Gasteiger partial charge in [-0.3, -0.25) is 13.9 Å². The number of nitrogens with zero attached hydrogens (tertiary/aromatic N) is 1. The summed E-state index contributed by atoms with van der Waals surface area (Å²) >= 11 is 0. The largest absolute Gasteiger partial charge is 0.326 e. The van der Waals surface area contributed by atoms with Crippen molar-refractivity contribution in [2.24, 2.45) is 0 Å². The molecular weight excluding hydrogens is 402 g/mol. The lowest BCUT2D eigenvalue weighted by Crippen LogP contribution is -2.52. The van der Waals surface area contributed by atoms with Crippen LogP contribution >= 0.6 is 0 Å². The van der Waals surface area contributed by atoms with E-state index in [0.29, 0.717) is 17.1 Å². The van der Waals surface area contributed by atoms with Gasteiger partial charge in [0, 0.05) is 5.69 Å². The lowest BCUT2D eigenvalue weighted by Gasteiger charge is -2.36. The molecule has 3 aromatic carbocycles. The van der Waals surface area contributed by atoms with Gasteiger partial charge in [0.25, 0.3) is 10.0 Å². The maximum atomic E-state index is 13.5. The zero-order valence-corrected chi connectivity index (χ0v) is 16.7. The number of rotatable bonds is 5. The number of hydrogen-bond acceptors (Lipinski definition) is 4. The smallest absolute Gasteiger partial charge is 0.265 e. The molecule has 2 N–H and O–H groups in total. The Hall–Kier alpha value is -3.65. The summed E-state index contributed by atoms with van der Waals surface area (Å²) in [5.74, 6) is -1.02. The van der Waals surface area contributed by atoms with Gasteiger partial charge in [-0.1, -0.05) is 48.5 Å². The Morgan fingerprint density at radius 2 is 1.50 bits per heavy atom. The van der Waals surface area contributed by atoms with E-state index in [1.54, 1.807) is 66.7 Å². The van der Waals surface area contributed by atoms with Gasteiger partial charge in [0.1, 0.15) is 6.04 Å². The highest BCUT2D eigenvalue weighted by Crippen LogP contribution is 2.37. The first kappa shape index (κ1) is 19.7. The van der Waals surface area contributed by atoms with Crippen LogP contribution in [-0.4, -0.2) is 26.3 Å². The maximum Gasteiger partial charge on any atom is 0.265 e. The average Bonchev–Trinajstić information content (AvgIpc) is 2.75. The van der Waals surface area contributed by atoms with Crippen molar-refractivity contribution in [3.05, 3.63) is 84.9 Å². The monoisotopic (exact) mass is 421 g/mol. The second-order valence-corrected chi connectivity index (χ2v) is 8.57. The van der Waals surface area contributed by atoms with Crippen molar-refractivity contribution in [1.29, 1.82) is 0 Å². The SMILES string of the molecule is O=C(CC1C(=O)Nc2ccccc2N1S(=O)(=O)c1ccccc1)Nc1ccccc1. The Bertz CT molecular complexity index is 1180. The van der Waals surface area contributed by atoms with Crippen molar-refractivity contribution in [3.8, 4) is 0 Å². The quantitative estimate of drug-likeness (QED) is 0.661. The number of para-hydroxylation sites is 3. The van der Waals surface area contributed by atoms with Gasteiger partial charge in [0.05, 0.1) is 22.7 Å². The minimum Gasteiger partial charge on any atom is -0.326 e. The summed E-state index contributed by atoms with van der Waals surface area (Å²) in [6.45, 7) is 0. The second kappa shape index (κ2) is 8.00. The summed E-state index contributed by atoms with van der Waals surface area (Å²) < 4.78 is 28.0. The van der Waals surface area contributed by atoms with Gasteiger partial charge in [0.15, 0.2) is 0 Å². The number of carbonyl (C=O) groups excluding carboxylic acids is 2. The van der Waals surface area contributed by atoms with Gasteiger partial charge in [0.2, 0.25) is 11.8 Å². The van der Waals surface area contributed by atoms with Crippen LogP contribution in [0.4, 0.5) is 17.1 Å². The number of nitrogens with one attached hydrogen (secondary N) is 2. The molecule has 0 saturated carbocycles. The zero-order chi connectivity index (χ0) is 21.1. The predicted octanol–water partition coefficient (Wildman–Crippen LogP) is 3.23. The summed E-state index contributed by atoms with van der Waals surface area (Å²) in [4.78, 5) is 25.5. The van der Waals surface area contributed by atoms with Crippen LogP contribution in [0.5, 0.6) is 0 Å². The van der Waals surface area contributed by atoms with Crippen LogP contribution in [0.2, 0.25) is 0 Å². The third kappa shape index (κ3) is 3.77. The first-order chi connectivity index (χ1) is 14.5. The summed E-state index contributed by atoms with van der Waals surface area (Å²) in [6, 6.07) is 22.0. The Morgan fingerprint density at radius 1 is 0.900 bits per heavy atom. The third-order valence-corrected chi connectivity index (χ3v) is 6.56. The van der Waals surface area contributed by atoms with Gasteiger partial charge in [-0.15, -0.1) is 0 Å². The highest BCUT2D eigenvalue weighted by molar-refractivity contribution is 7.93. The molecule has 7 nitrogen and oxygen atoms in total. The molecule has 0 fully saturated rings. The molecule has 0 aromatic heterocycles. The molecule has 0 saturated heterocycles. The standard InChI is InChI=1S/C22H19N3O4S/c26-21(23-16-9-3-1-4-10-16)15-20-22(27)24-18-13-7-8-14-19(18)25(20)30(28,29)17-11-5-2-6-12-17/h1-14,20H,15H2,(H,23,26)(H,24,27). The first-order valence-electron chi connectivity index (χ1n) is 9.31. The highest BCUT2D eigenvalue weighted by Gasteiger charge is 2.41. The molecule has 3 aromatic rings. The molecule has 8 heteroatoms. The van der Waals surface area contributed by atoms with Gasteiger partial charge >= 0.3 is 0 Å². The summed E-state index contributed by atoms with van der Waals surface area (Å²) in [7, 11) is -4.08. The van der Waals surface area contributed by atoms with Crippen LogP contribution in [0.25, 0.3) is 0 Å². The van der Waals surface area contributed by atoms with Gasteiger partial charge in [-0.2, -0.15) is 0 Å². The first-order valence-corrected chi connectivity index (χ1v) is 10.7. The van der Waals surface area contributed by atoms with Crippen LogP contribution in [0.15, 0.2) is 89.8 Å². The summed E-state index contributed by atoms with van der Waals surface area (Å²) in [5, 5.41) is 5.41. The molecule has 0 radical (unpaired) electrons. The molecule has 30 heavy (non-hydrogen) atoms. The minimum absolute atomic E-state index is 0.0444. The molecular formula is C22H19N3O4S. The molecule has 1 aliphatic rings. The van der Waals surface area contributed by atoms with E-state index in [2.05, 4.69) is 10.6 Å². The van der Waals surface area contributed by atoms with Crippen molar-refractivity contribution in [2.75, 3.05) is 14.9 Å². The van der Waals surface area contributed by atoms with E-state index < -0.39 is 27.9 Å². The predicted molar refractivity (Wildman–Crippen MR) is 115 cm³/mol. The minimum atomic E-state index is -4.08. The molecule has 4 rings (SSSR count). The molecule has 2 amide bonds. The van der Waals surface area contributed by atoms with Crippen LogP contribution in [0.3, 0.4) is 0 Å². The topological polar surface area (TPSA) is 95.6 Å². The lowest BCUT2D eigenvalue weighted by atomic mass is 10.1. The molecule has 152 valence electrons. The molecule has 1 heterocycles. The Balaban J connectivity index is 1.72. The van der Waals surface area contributed by atoms with Crippen LogP contribution < -0.4 is 14.9 Å². The molecule has 1 atom stereocenters. The second-order valence-electron chi connectivity index (χ2n) is 6.75. The Kier molecular flexibility index (Phi) is 5.24. The molecule has 0 bridgehead atoms. The number of carbonyl (C=O) groups is 2. The third-order valence-electron chi connectivity index (χ3n) is 4.72. The number of benzene rings is 3. The van der Waals surface area contributed by atoms with Gasteiger partial charge in [-0.25, -0.2) is 8.42 Å². The normalized spacial score (nSPS) is 15.8. The fourth-order valence-electron chi connectivity index (χ4n) is 3.35. The average molecular weight is 421 g/mol. The van der Waals surface area contributed by atoms with Crippen molar-refractivity contribution in [1.82, 2.24) is 0 Å². The van der Waals surface area contributed by atoms with Gasteiger partial charge < -0.3 is 10.6 Å². The number of anilines is 3. The number of sulfonamides is 1. The van der Waals surface area contributed by atoms with E-state index in [9.17, 15) is 18.0 Å². The molecule has 0 spiro atoms. The van der Waals surface area contributed by atoms with Crippen LogP contribution in [0, 0.1) is 0 Å². The highest BCUT2D eigenvalue weighted by atomic mass is 32.2. The fraction of sp³-hybridized carbons (Fsp3) is 0.0909. The van der Waals surface area contributed by atoms with E-state index in [1.807, 2.05) is 6.07 Å². The fourth-order valence-corrected chi connectivity index (χ4v) is 5.00. The number of amides is 2. The van der Waals surface area contributed by atoms with E-state index in [1.165, 1.54) is 12.1 Å². The van der Waals surface area contributed by atoms with Crippen molar-refractivity contribution in [2.45, 2.75) is 17.4 Å². The van der Waals surface area contributed by atoms with Gasteiger partial charge in [-0.05, 0) is 36.4 Å². The maximum absolute atomic E-state index is 13.5. The summed E-state index contributed by atoms with van der Waals surface area (Å²) in [5.41, 5.74) is 1.26. The zero-order valence-electron chi connectivity index (χ0n) is 15.9. The molecule has 1 aliphatic heterocycles. The van der Waals surface area contributed by atoms with E-state index in [-0.39, 0.29) is 11.3 Å². The van der Waals surface area contributed by atoms with E-state index in [0.717, 1.165) is 4.31 Å². The Morgan fingerprint density at radius 3 is 2.20 bits per heavy atom. The van der Waals surface area contributed by atoms with E-state index >= 15 is 0 Å². The van der Waals surface area contributed by atoms with Crippen LogP contribution in [0.1, 0.15) is 6.42 Å². The summed E-state index contributed by atoms with van der Waals surface area (Å²) in [6.07, 6.45) is -0.332. The number of hydrogen-bond donors (Lipinski definition) is 2. The van der Waals surface area contributed by atoms with Crippen molar-refractivity contribution in [3.63, 3.8) is 0 Å². The van der Waals surface area contributed by atoms with Crippen molar-refractivity contribution >= 4 is 38.9 Å². The molecule has 0 aliphatic carbocycles. The molecule has 1 unspecified atom stereocenters. The van der Waals surface area contributed by atoms with Crippen LogP contribution in [-0.2, 0) is 19.6 Å². The number of fused-ring (bicyclic) bond motifs is 1. The Labute approximate surface area is 174 Å².